The molecule has 2 aromatic carbocycles. The van der Waals surface area contributed by atoms with Crippen LogP contribution in [-0.4, -0.2) is 86.5 Å². The van der Waals surface area contributed by atoms with E-state index < -0.39 is 17.8 Å². The normalized spacial score (nSPS) is 21.8. The Labute approximate surface area is 248 Å². The number of carbonyl (C=O) groups excluding carboxylic acids is 1. The number of nitrogens with zero attached hydrogens (tertiary/aromatic N) is 3. The predicted molar refractivity (Wildman–Crippen MR) is 159 cm³/mol. The first-order valence-electron chi connectivity index (χ1n) is 14.7. The number of hydrogen-bond donors (Lipinski definition) is 1. The topological polar surface area (TPSA) is 65.5 Å². The second-order valence-corrected chi connectivity index (χ2v) is 11.8. The van der Waals surface area contributed by atoms with Crippen LogP contribution in [0.2, 0.25) is 0 Å². The van der Waals surface area contributed by atoms with Crippen LogP contribution in [0.15, 0.2) is 42.5 Å². The molecule has 0 fully saturated rings. The molecule has 234 valence electrons. The van der Waals surface area contributed by atoms with Crippen LogP contribution in [0.25, 0.3) is 0 Å². The minimum atomic E-state index is -4.37. The number of carbonyl (C=O) groups is 1. The molecule has 0 aromatic heterocycles. The number of rotatable bonds is 7. The monoisotopic (exact) mass is 593 g/mol. The quantitative estimate of drug-likeness (QED) is 0.445. The molecule has 0 bridgehead atoms. The van der Waals surface area contributed by atoms with Crippen LogP contribution in [0.5, 0.6) is 5.75 Å². The van der Waals surface area contributed by atoms with E-state index in [4.69, 9.17) is 9.47 Å². The van der Waals surface area contributed by atoms with Gasteiger partial charge in [0.2, 0.25) is 0 Å². The first-order valence-corrected chi connectivity index (χ1v) is 14.7. The fourth-order valence-electron chi connectivity index (χ4n) is 5.13. The van der Waals surface area contributed by atoms with Crippen molar-refractivity contribution in [3.05, 3.63) is 59.2 Å². The lowest BCUT2D eigenvalue weighted by atomic mass is 10.0. The molecule has 42 heavy (non-hydrogen) atoms. The van der Waals surface area contributed by atoms with E-state index in [-0.39, 0.29) is 30.6 Å². The molecule has 0 unspecified atom stereocenters. The highest BCUT2D eigenvalue weighted by molar-refractivity contribution is 5.98. The highest BCUT2D eigenvalue weighted by atomic mass is 19.4. The zero-order valence-electron chi connectivity index (χ0n) is 25.7. The maximum absolute atomic E-state index is 14.1. The van der Waals surface area contributed by atoms with Crippen LogP contribution in [0, 0.1) is 5.92 Å². The Morgan fingerprint density at radius 3 is 2.38 bits per heavy atom. The molecule has 1 N–H and O–H groups in total. The average molecular weight is 594 g/mol. The van der Waals surface area contributed by atoms with Crippen molar-refractivity contribution >= 4 is 11.6 Å². The summed E-state index contributed by atoms with van der Waals surface area (Å²) in [6, 6.07) is 10.4. The summed E-state index contributed by atoms with van der Waals surface area (Å²) >= 11 is 0. The number of aliphatic hydroxyl groups is 1. The van der Waals surface area contributed by atoms with E-state index in [1.807, 2.05) is 69.9 Å². The Kier molecular flexibility index (Phi) is 12.1. The number of amides is 1. The molecular weight excluding hydrogens is 547 g/mol. The summed E-state index contributed by atoms with van der Waals surface area (Å²) in [5.41, 5.74) is 1.43. The van der Waals surface area contributed by atoms with Gasteiger partial charge < -0.3 is 24.4 Å². The van der Waals surface area contributed by atoms with Gasteiger partial charge in [-0.3, -0.25) is 9.69 Å². The van der Waals surface area contributed by atoms with Gasteiger partial charge in [-0.2, -0.15) is 13.2 Å². The van der Waals surface area contributed by atoms with E-state index in [0.717, 1.165) is 42.6 Å². The lowest BCUT2D eigenvalue weighted by Crippen LogP contribution is -2.47. The van der Waals surface area contributed by atoms with Crippen LogP contribution in [-0.2, 0) is 17.5 Å². The Balaban J connectivity index is 1.86. The maximum Gasteiger partial charge on any atom is 0.416 e. The van der Waals surface area contributed by atoms with Gasteiger partial charge in [-0.25, -0.2) is 0 Å². The number of halogens is 3. The van der Waals surface area contributed by atoms with Gasteiger partial charge in [0.05, 0.1) is 36.0 Å². The Hall–Kier alpha value is -2.82. The third kappa shape index (κ3) is 9.34. The zero-order chi connectivity index (χ0) is 31.0. The van der Waals surface area contributed by atoms with Crippen molar-refractivity contribution < 1.29 is 32.5 Å². The highest BCUT2D eigenvalue weighted by Crippen LogP contribution is 2.30. The zero-order valence-corrected chi connectivity index (χ0v) is 25.7. The molecule has 1 amide bonds. The number of hydrogen-bond acceptors (Lipinski definition) is 6. The summed E-state index contributed by atoms with van der Waals surface area (Å²) in [6.45, 7) is 7.52. The van der Waals surface area contributed by atoms with Crippen molar-refractivity contribution in [2.75, 3.05) is 52.3 Å². The van der Waals surface area contributed by atoms with Gasteiger partial charge in [0.1, 0.15) is 5.75 Å². The molecule has 0 aliphatic carbocycles. The molecule has 1 heterocycles. The number of fused-ring (bicyclic) bond motifs is 1. The molecule has 1 aliphatic rings. The van der Waals surface area contributed by atoms with Crippen molar-refractivity contribution in [1.29, 1.82) is 0 Å². The third-order valence-electron chi connectivity index (χ3n) is 7.78. The van der Waals surface area contributed by atoms with Crippen LogP contribution in [0.1, 0.15) is 61.5 Å². The minimum absolute atomic E-state index is 0.0960. The summed E-state index contributed by atoms with van der Waals surface area (Å²) in [4.78, 5) is 19.7. The second-order valence-electron chi connectivity index (χ2n) is 11.8. The number of benzene rings is 2. The van der Waals surface area contributed by atoms with E-state index in [1.165, 1.54) is 12.1 Å². The fraction of sp³-hybridized carbons (Fsp3) is 0.594. The summed E-state index contributed by atoms with van der Waals surface area (Å²) in [6.07, 6.45) is -2.16. The van der Waals surface area contributed by atoms with Gasteiger partial charge in [-0.05, 0) is 76.1 Å². The van der Waals surface area contributed by atoms with Crippen molar-refractivity contribution in [2.24, 2.45) is 5.92 Å². The number of likely N-dealkylation sites (N-methyl/N-ethyl adjacent to an activating group) is 1. The Morgan fingerprint density at radius 1 is 1.07 bits per heavy atom. The second kappa shape index (κ2) is 15.1. The van der Waals surface area contributed by atoms with Crippen molar-refractivity contribution in [3.8, 4) is 5.75 Å². The summed E-state index contributed by atoms with van der Waals surface area (Å²) in [5, 5.41) is 10.1. The fourth-order valence-corrected chi connectivity index (χ4v) is 5.13. The molecule has 0 radical (unpaired) electrons. The first kappa shape index (κ1) is 33.7. The molecule has 0 spiro atoms. The SMILES string of the molecule is C[C@@H]1CN([C@H](C)CO)C(=O)c2cc(N(C)C)ccc2O[C@@H](C)CCCCO[C@H]1CN(C)Cc1ccc(C(F)(F)F)cc1. The highest BCUT2D eigenvalue weighted by Gasteiger charge is 2.31. The molecule has 7 nitrogen and oxygen atoms in total. The lowest BCUT2D eigenvalue weighted by Gasteiger charge is -2.36. The van der Waals surface area contributed by atoms with Crippen LogP contribution in [0.4, 0.5) is 18.9 Å². The number of ether oxygens (including phenoxy) is 2. The van der Waals surface area contributed by atoms with E-state index in [0.29, 0.717) is 37.6 Å². The van der Waals surface area contributed by atoms with Crippen molar-refractivity contribution in [1.82, 2.24) is 9.80 Å². The van der Waals surface area contributed by atoms with E-state index in [2.05, 4.69) is 0 Å². The predicted octanol–water partition coefficient (Wildman–Crippen LogP) is 5.70. The smallest absolute Gasteiger partial charge is 0.416 e. The molecule has 2 aromatic rings. The molecule has 10 heteroatoms. The van der Waals surface area contributed by atoms with E-state index in [9.17, 15) is 23.1 Å². The Bertz CT molecular complexity index is 1140. The maximum atomic E-state index is 14.1. The van der Waals surface area contributed by atoms with Crippen LogP contribution in [0.3, 0.4) is 0 Å². The van der Waals surface area contributed by atoms with Crippen molar-refractivity contribution in [3.63, 3.8) is 0 Å². The molecule has 0 saturated heterocycles. The number of alkyl halides is 3. The van der Waals surface area contributed by atoms with Gasteiger partial charge in [0, 0.05) is 51.9 Å². The summed E-state index contributed by atoms with van der Waals surface area (Å²) < 4.78 is 51.6. The van der Waals surface area contributed by atoms with E-state index >= 15 is 0 Å². The molecule has 0 saturated carbocycles. The Morgan fingerprint density at radius 2 is 1.76 bits per heavy atom. The van der Waals surface area contributed by atoms with Crippen LogP contribution < -0.4 is 9.64 Å². The molecular formula is C32H46F3N3O4. The third-order valence-corrected chi connectivity index (χ3v) is 7.78. The number of aliphatic hydroxyl groups excluding tert-OH is 1. The van der Waals surface area contributed by atoms with Crippen LogP contribution >= 0.6 is 0 Å². The standard InChI is InChI=1S/C32H46F3N3O4/c1-22-18-38(23(2)21-39)31(40)28-17-27(36(4)5)14-15-29(28)42-24(3)9-7-8-16-41-30(22)20-37(6)19-25-10-12-26(13-11-25)32(33,34)35/h10-15,17,22-24,30,39H,7-9,16,18-21H2,1-6H3/t22-,23-,24+,30+/m1/s1. The molecule has 4 atom stereocenters. The van der Waals surface area contributed by atoms with Gasteiger partial charge in [-0.15, -0.1) is 0 Å². The van der Waals surface area contributed by atoms with Gasteiger partial charge in [-0.1, -0.05) is 19.1 Å². The summed E-state index contributed by atoms with van der Waals surface area (Å²) in [7, 11) is 5.74. The number of anilines is 1. The molecule has 3 rings (SSSR count). The van der Waals surface area contributed by atoms with Crippen molar-refractivity contribution in [2.45, 2.75) is 71.0 Å². The minimum Gasteiger partial charge on any atom is -0.490 e. The van der Waals surface area contributed by atoms with Gasteiger partial charge in [0.25, 0.3) is 5.91 Å². The largest absolute Gasteiger partial charge is 0.490 e. The first-order chi connectivity index (χ1) is 19.8. The lowest BCUT2D eigenvalue weighted by molar-refractivity contribution is -0.137. The van der Waals surface area contributed by atoms with Gasteiger partial charge >= 0.3 is 6.18 Å². The van der Waals surface area contributed by atoms with E-state index in [1.54, 1.807) is 4.90 Å². The average Bonchev–Trinajstić information content (AvgIpc) is 2.93. The molecule has 1 aliphatic heterocycles. The summed E-state index contributed by atoms with van der Waals surface area (Å²) in [5.74, 6) is 0.214. The van der Waals surface area contributed by atoms with Gasteiger partial charge in [0.15, 0.2) is 0 Å².